The highest BCUT2D eigenvalue weighted by Crippen LogP contribution is 2.29. The minimum Gasteiger partial charge on any atom is -0.312 e. The fraction of sp³-hybridized carbons (Fsp3) is 0.235. The summed E-state index contributed by atoms with van der Waals surface area (Å²) in [6.45, 7) is 2.41. The highest BCUT2D eigenvalue weighted by Gasteiger charge is 2.22. The van der Waals surface area contributed by atoms with Crippen LogP contribution in [0.4, 0.5) is 5.69 Å². The average Bonchev–Trinajstić information content (AvgIpc) is 2.97. The van der Waals surface area contributed by atoms with Gasteiger partial charge in [-0.15, -0.1) is 0 Å². The van der Waals surface area contributed by atoms with Crippen LogP contribution in [0.5, 0.6) is 0 Å². The predicted octanol–water partition coefficient (Wildman–Crippen LogP) is 2.73. The van der Waals surface area contributed by atoms with E-state index in [0.29, 0.717) is 11.6 Å². The van der Waals surface area contributed by atoms with Crippen LogP contribution in [0.25, 0.3) is 0 Å². The Balaban J connectivity index is 1.73. The number of anilines is 1. The smallest absolute Gasteiger partial charge is 0.240 e. The Labute approximate surface area is 146 Å². The second-order valence-electron chi connectivity index (χ2n) is 5.66. The number of halogens is 1. The topological polar surface area (TPSA) is 66.5 Å². The Morgan fingerprint density at radius 2 is 1.92 bits per heavy atom. The summed E-state index contributed by atoms with van der Waals surface area (Å²) in [5.41, 5.74) is 2.83. The summed E-state index contributed by atoms with van der Waals surface area (Å²) >= 11 is 5.78. The van der Waals surface area contributed by atoms with Crippen LogP contribution in [-0.4, -0.2) is 20.9 Å². The number of fused-ring (bicyclic) bond motifs is 1. The lowest BCUT2D eigenvalue weighted by Gasteiger charge is -2.15. The van der Waals surface area contributed by atoms with Gasteiger partial charge in [-0.05, 0) is 47.9 Å². The van der Waals surface area contributed by atoms with E-state index in [1.807, 2.05) is 18.2 Å². The molecule has 0 saturated heterocycles. The Kier molecular flexibility index (Phi) is 4.62. The molecule has 0 saturated carbocycles. The molecule has 2 aromatic carbocycles. The van der Waals surface area contributed by atoms with Gasteiger partial charge in [-0.1, -0.05) is 23.7 Å². The first-order valence-corrected chi connectivity index (χ1v) is 9.38. The van der Waals surface area contributed by atoms with Crippen LogP contribution in [0, 0.1) is 0 Å². The number of nitrogens with one attached hydrogen (secondary N) is 1. The zero-order chi connectivity index (χ0) is 17.3. The first-order valence-electron chi connectivity index (χ1n) is 7.52. The Morgan fingerprint density at radius 3 is 2.58 bits per heavy atom. The van der Waals surface area contributed by atoms with Crippen molar-refractivity contribution in [1.29, 1.82) is 0 Å². The molecule has 0 spiro atoms. The fourth-order valence-corrected chi connectivity index (χ4v) is 3.91. The largest absolute Gasteiger partial charge is 0.312 e. The van der Waals surface area contributed by atoms with E-state index in [1.165, 1.54) is 12.1 Å². The third-order valence-electron chi connectivity index (χ3n) is 4.01. The van der Waals surface area contributed by atoms with Crippen LogP contribution in [0.15, 0.2) is 47.4 Å². The van der Waals surface area contributed by atoms with Crippen molar-refractivity contribution < 1.29 is 13.2 Å². The van der Waals surface area contributed by atoms with E-state index < -0.39 is 10.0 Å². The predicted molar refractivity (Wildman–Crippen MR) is 93.7 cm³/mol. The molecule has 0 radical (unpaired) electrons. The van der Waals surface area contributed by atoms with Gasteiger partial charge < -0.3 is 4.90 Å². The number of carbonyl (C=O) groups is 1. The summed E-state index contributed by atoms with van der Waals surface area (Å²) < 4.78 is 27.2. The van der Waals surface area contributed by atoms with Crippen molar-refractivity contribution in [2.45, 2.75) is 24.8 Å². The second kappa shape index (κ2) is 6.55. The first kappa shape index (κ1) is 17.0. The minimum atomic E-state index is -3.59. The molecule has 0 fully saturated rings. The standard InChI is InChI=1S/C17H17ClN2O3S/c1-12(21)20-9-8-14-10-13(2-7-17(14)20)11-19-24(22,23)16-5-3-15(18)4-6-16/h2-7,10,19H,8-9,11H2,1H3. The summed E-state index contributed by atoms with van der Waals surface area (Å²) in [5, 5.41) is 0.489. The molecule has 1 amide bonds. The van der Waals surface area contributed by atoms with Crippen LogP contribution in [0.2, 0.25) is 5.02 Å². The van der Waals surface area contributed by atoms with E-state index in [-0.39, 0.29) is 17.3 Å². The molecule has 0 unspecified atom stereocenters. The van der Waals surface area contributed by atoms with Gasteiger partial charge in [0.05, 0.1) is 4.90 Å². The molecule has 1 heterocycles. The van der Waals surface area contributed by atoms with Crippen LogP contribution in [0.3, 0.4) is 0 Å². The van der Waals surface area contributed by atoms with E-state index in [1.54, 1.807) is 24.0 Å². The van der Waals surface area contributed by atoms with Crippen LogP contribution in [-0.2, 0) is 27.8 Å². The number of hydrogen-bond donors (Lipinski definition) is 1. The van der Waals surface area contributed by atoms with E-state index in [4.69, 9.17) is 11.6 Å². The molecule has 1 aliphatic rings. The van der Waals surface area contributed by atoms with Crippen molar-refractivity contribution in [3.63, 3.8) is 0 Å². The molecule has 1 N–H and O–H groups in total. The van der Waals surface area contributed by atoms with E-state index in [2.05, 4.69) is 4.72 Å². The van der Waals surface area contributed by atoms with E-state index in [9.17, 15) is 13.2 Å². The SMILES string of the molecule is CC(=O)N1CCc2cc(CNS(=O)(=O)c3ccc(Cl)cc3)ccc21. The number of amides is 1. The summed E-state index contributed by atoms with van der Waals surface area (Å²) in [6, 6.07) is 11.7. The molecular weight excluding hydrogens is 348 g/mol. The van der Waals surface area contributed by atoms with Gasteiger partial charge in [0.1, 0.15) is 0 Å². The third kappa shape index (κ3) is 3.45. The van der Waals surface area contributed by atoms with Gasteiger partial charge in [0, 0.05) is 30.7 Å². The van der Waals surface area contributed by atoms with Gasteiger partial charge in [-0.3, -0.25) is 4.79 Å². The van der Waals surface area contributed by atoms with Gasteiger partial charge in [-0.25, -0.2) is 13.1 Å². The highest BCUT2D eigenvalue weighted by molar-refractivity contribution is 7.89. The van der Waals surface area contributed by atoms with Crippen molar-refractivity contribution in [1.82, 2.24) is 4.72 Å². The molecule has 7 heteroatoms. The highest BCUT2D eigenvalue weighted by atomic mass is 35.5. The van der Waals surface area contributed by atoms with Crippen LogP contribution >= 0.6 is 11.6 Å². The van der Waals surface area contributed by atoms with Gasteiger partial charge in [-0.2, -0.15) is 0 Å². The van der Waals surface area contributed by atoms with E-state index >= 15 is 0 Å². The molecule has 2 aromatic rings. The lowest BCUT2D eigenvalue weighted by Crippen LogP contribution is -2.25. The van der Waals surface area contributed by atoms with Gasteiger partial charge in [0.25, 0.3) is 0 Å². The maximum Gasteiger partial charge on any atom is 0.240 e. The van der Waals surface area contributed by atoms with Crippen LogP contribution in [0.1, 0.15) is 18.1 Å². The maximum absolute atomic E-state index is 12.3. The number of nitrogens with zero attached hydrogens (tertiary/aromatic N) is 1. The summed E-state index contributed by atoms with van der Waals surface area (Å²) in [6.07, 6.45) is 0.784. The lowest BCUT2D eigenvalue weighted by atomic mass is 10.1. The molecule has 0 atom stereocenters. The molecule has 24 heavy (non-hydrogen) atoms. The number of carbonyl (C=O) groups excluding carboxylic acids is 1. The normalized spacial score (nSPS) is 13.8. The molecule has 1 aliphatic heterocycles. The van der Waals surface area contributed by atoms with Gasteiger partial charge in [0.2, 0.25) is 15.9 Å². The fourth-order valence-electron chi connectivity index (χ4n) is 2.77. The summed E-state index contributed by atoms with van der Waals surface area (Å²) in [7, 11) is -3.59. The van der Waals surface area contributed by atoms with E-state index in [0.717, 1.165) is 23.2 Å². The zero-order valence-electron chi connectivity index (χ0n) is 13.1. The molecule has 0 aliphatic carbocycles. The third-order valence-corrected chi connectivity index (χ3v) is 5.68. The first-order chi connectivity index (χ1) is 11.4. The van der Waals surface area contributed by atoms with Gasteiger partial charge >= 0.3 is 0 Å². The minimum absolute atomic E-state index is 0.0185. The molecule has 5 nitrogen and oxygen atoms in total. The molecule has 3 rings (SSSR count). The Hall–Kier alpha value is -1.89. The molecule has 0 aromatic heterocycles. The number of rotatable bonds is 4. The quantitative estimate of drug-likeness (QED) is 0.907. The maximum atomic E-state index is 12.3. The summed E-state index contributed by atoms with van der Waals surface area (Å²) in [5.74, 6) is 0.0185. The molecular formula is C17H17ClN2O3S. The van der Waals surface area contributed by atoms with Gasteiger partial charge in [0.15, 0.2) is 0 Å². The Morgan fingerprint density at radius 1 is 1.21 bits per heavy atom. The molecule has 0 bridgehead atoms. The van der Waals surface area contributed by atoms with Crippen molar-refractivity contribution >= 4 is 33.2 Å². The van der Waals surface area contributed by atoms with Crippen LogP contribution < -0.4 is 9.62 Å². The number of benzene rings is 2. The summed E-state index contributed by atoms with van der Waals surface area (Å²) in [4.78, 5) is 13.5. The average molecular weight is 365 g/mol. The second-order valence-corrected chi connectivity index (χ2v) is 7.87. The van der Waals surface area contributed by atoms with Crippen molar-refractivity contribution in [3.05, 3.63) is 58.6 Å². The monoisotopic (exact) mass is 364 g/mol. The molecule has 126 valence electrons. The number of hydrogen-bond acceptors (Lipinski definition) is 3. The lowest BCUT2D eigenvalue weighted by molar-refractivity contribution is -0.116. The zero-order valence-corrected chi connectivity index (χ0v) is 14.7. The van der Waals surface area contributed by atoms with Crippen molar-refractivity contribution in [2.24, 2.45) is 0 Å². The number of sulfonamides is 1. The van der Waals surface area contributed by atoms with Crippen molar-refractivity contribution in [2.75, 3.05) is 11.4 Å². The van der Waals surface area contributed by atoms with Crippen molar-refractivity contribution in [3.8, 4) is 0 Å². The Bertz CT molecular complexity index is 879.